The number of carbonyl (C=O) groups is 1. The van der Waals surface area contributed by atoms with Crippen LogP contribution in [0.2, 0.25) is 0 Å². The van der Waals surface area contributed by atoms with Gasteiger partial charge in [-0.15, -0.1) is 0 Å². The zero-order valence-corrected chi connectivity index (χ0v) is 9.11. The van der Waals surface area contributed by atoms with E-state index >= 15 is 0 Å². The lowest BCUT2D eigenvalue weighted by Gasteiger charge is -2.09. The van der Waals surface area contributed by atoms with Crippen LogP contribution in [-0.4, -0.2) is 29.6 Å². The zero-order valence-electron chi connectivity index (χ0n) is 8.30. The smallest absolute Gasteiger partial charge is 0.431 e. The number of halogens is 3. The molecule has 0 aliphatic carbocycles. The van der Waals surface area contributed by atoms with E-state index in [9.17, 15) is 18.0 Å². The van der Waals surface area contributed by atoms with E-state index in [2.05, 4.69) is 22.1 Å². The zero-order chi connectivity index (χ0) is 12.8. The minimum absolute atomic E-state index is 0.00724. The second kappa shape index (κ2) is 6.26. The minimum Gasteiger partial charge on any atom is -0.466 e. The van der Waals surface area contributed by atoms with Crippen LogP contribution in [0.1, 0.15) is 13.3 Å². The summed E-state index contributed by atoms with van der Waals surface area (Å²) in [6.45, 7) is 1.47. The molecule has 5 nitrogen and oxygen atoms in total. The molecule has 0 saturated heterocycles. The lowest BCUT2D eigenvalue weighted by atomic mass is 10.2. The fourth-order valence-electron chi connectivity index (χ4n) is 0.674. The molecule has 3 N–H and O–H groups in total. The number of thiocarbonyl (C=S) groups is 1. The Morgan fingerprint density at radius 3 is 2.50 bits per heavy atom. The third-order valence-electron chi connectivity index (χ3n) is 1.25. The topological polar surface area (TPSA) is 76.7 Å². The number of nitrogens with two attached hydrogens (primary N) is 1. The van der Waals surface area contributed by atoms with Crippen LogP contribution >= 0.6 is 12.2 Å². The highest BCUT2D eigenvalue weighted by Gasteiger charge is 2.37. The van der Waals surface area contributed by atoms with Gasteiger partial charge in [-0.25, -0.2) is 0 Å². The van der Waals surface area contributed by atoms with E-state index in [4.69, 9.17) is 5.73 Å². The first-order valence-electron chi connectivity index (χ1n) is 4.12. The number of rotatable bonds is 4. The van der Waals surface area contributed by atoms with Crippen LogP contribution in [0.3, 0.4) is 0 Å². The summed E-state index contributed by atoms with van der Waals surface area (Å²) < 4.78 is 41.3. The van der Waals surface area contributed by atoms with E-state index in [1.807, 2.05) is 0 Å². The molecule has 0 heterocycles. The number of hydrazone groups is 1. The minimum atomic E-state index is -4.75. The van der Waals surface area contributed by atoms with Gasteiger partial charge in [0.25, 0.3) is 0 Å². The number of ether oxygens (including phenoxy) is 1. The van der Waals surface area contributed by atoms with Crippen molar-refractivity contribution in [3.8, 4) is 0 Å². The molecule has 0 aromatic carbocycles. The van der Waals surface area contributed by atoms with Crippen molar-refractivity contribution in [1.29, 1.82) is 0 Å². The lowest BCUT2D eigenvalue weighted by Crippen LogP contribution is -2.32. The summed E-state index contributed by atoms with van der Waals surface area (Å²) in [4.78, 5) is 10.8. The molecule has 0 amide bonds. The number of alkyl halides is 3. The molecule has 0 aliphatic rings. The van der Waals surface area contributed by atoms with Crippen LogP contribution in [0.15, 0.2) is 5.10 Å². The van der Waals surface area contributed by atoms with Crippen LogP contribution in [0.5, 0.6) is 0 Å². The standard InChI is InChI=1S/C7H10F3N3O2S/c1-2-15-5(14)3-4(7(8,9)10)12-13-6(11)16/h2-3H2,1H3,(H3,11,13,16). The van der Waals surface area contributed by atoms with Crippen LogP contribution in [0.25, 0.3) is 0 Å². The van der Waals surface area contributed by atoms with Gasteiger partial charge < -0.3 is 10.5 Å². The summed E-state index contributed by atoms with van der Waals surface area (Å²) in [5.74, 6) is -1.02. The Morgan fingerprint density at radius 2 is 2.12 bits per heavy atom. The largest absolute Gasteiger partial charge is 0.466 e. The predicted octanol–water partition coefficient (Wildman–Crippen LogP) is 0.691. The van der Waals surface area contributed by atoms with Gasteiger partial charge in [-0.05, 0) is 19.1 Å². The third-order valence-corrected chi connectivity index (χ3v) is 1.34. The molecule has 0 spiro atoms. The number of nitrogens with zero attached hydrogens (tertiary/aromatic N) is 1. The van der Waals surface area contributed by atoms with E-state index in [1.165, 1.54) is 6.92 Å². The van der Waals surface area contributed by atoms with Crippen LogP contribution in [0.4, 0.5) is 13.2 Å². The molecule has 0 rings (SSSR count). The molecule has 92 valence electrons. The second-order valence-corrected chi connectivity index (χ2v) is 2.95. The van der Waals surface area contributed by atoms with Gasteiger partial charge in [0.1, 0.15) is 0 Å². The van der Waals surface area contributed by atoms with Gasteiger partial charge in [-0.2, -0.15) is 18.3 Å². The summed E-state index contributed by atoms with van der Waals surface area (Å²) in [7, 11) is 0. The molecule has 0 aliphatic heterocycles. The Bertz CT molecular complexity index is 304. The lowest BCUT2D eigenvalue weighted by molar-refractivity contribution is -0.142. The molecule has 0 radical (unpaired) electrons. The average molecular weight is 257 g/mol. The highest BCUT2D eigenvalue weighted by molar-refractivity contribution is 7.80. The first kappa shape index (κ1) is 14.6. The maximum absolute atomic E-state index is 12.3. The first-order valence-corrected chi connectivity index (χ1v) is 4.53. The van der Waals surface area contributed by atoms with Gasteiger partial charge >= 0.3 is 12.1 Å². The Hall–Kier alpha value is -1.38. The molecule has 0 aromatic heterocycles. The second-order valence-electron chi connectivity index (χ2n) is 2.51. The van der Waals surface area contributed by atoms with Crippen molar-refractivity contribution in [2.24, 2.45) is 10.8 Å². The molecule has 0 saturated carbocycles. The summed E-state index contributed by atoms with van der Waals surface area (Å²) in [6.07, 6.45) is -5.74. The summed E-state index contributed by atoms with van der Waals surface area (Å²) >= 11 is 4.28. The van der Waals surface area contributed by atoms with E-state index in [1.54, 1.807) is 5.43 Å². The quantitative estimate of drug-likeness (QED) is 0.335. The van der Waals surface area contributed by atoms with Crippen molar-refractivity contribution in [1.82, 2.24) is 5.43 Å². The molecular formula is C7H10F3N3O2S. The molecule has 0 unspecified atom stereocenters. The Morgan fingerprint density at radius 1 is 1.56 bits per heavy atom. The predicted molar refractivity (Wildman–Crippen MR) is 54.7 cm³/mol. The Labute approximate surface area is 94.8 Å². The van der Waals surface area contributed by atoms with Crippen molar-refractivity contribution < 1.29 is 22.7 Å². The molecule has 0 aromatic rings. The fraction of sp³-hybridized carbons (Fsp3) is 0.571. The van der Waals surface area contributed by atoms with Gasteiger partial charge in [0.05, 0.1) is 13.0 Å². The first-order chi connectivity index (χ1) is 7.27. The monoisotopic (exact) mass is 257 g/mol. The number of carbonyl (C=O) groups excluding carboxylic acids is 1. The maximum atomic E-state index is 12.3. The van der Waals surface area contributed by atoms with Crippen molar-refractivity contribution in [3.63, 3.8) is 0 Å². The van der Waals surface area contributed by atoms with Crippen LogP contribution < -0.4 is 11.2 Å². The normalized spacial score (nSPS) is 12.1. The van der Waals surface area contributed by atoms with Crippen LogP contribution in [0, 0.1) is 0 Å². The van der Waals surface area contributed by atoms with Crippen molar-refractivity contribution in [3.05, 3.63) is 0 Å². The summed E-state index contributed by atoms with van der Waals surface area (Å²) in [5.41, 5.74) is 5.32. The molecule has 9 heteroatoms. The molecule has 16 heavy (non-hydrogen) atoms. The highest BCUT2D eigenvalue weighted by atomic mass is 32.1. The van der Waals surface area contributed by atoms with E-state index in [-0.39, 0.29) is 6.61 Å². The molecule has 0 bridgehead atoms. The van der Waals surface area contributed by atoms with E-state index < -0.39 is 29.4 Å². The third kappa shape index (κ3) is 6.17. The number of hydrogen-bond donors (Lipinski definition) is 2. The van der Waals surface area contributed by atoms with Crippen molar-refractivity contribution in [2.75, 3.05) is 6.61 Å². The van der Waals surface area contributed by atoms with Gasteiger partial charge in [-0.1, -0.05) is 0 Å². The molecular weight excluding hydrogens is 247 g/mol. The van der Waals surface area contributed by atoms with E-state index in [0.717, 1.165) is 0 Å². The number of esters is 1. The fourth-order valence-corrected chi connectivity index (χ4v) is 0.720. The van der Waals surface area contributed by atoms with Gasteiger partial charge in [0.15, 0.2) is 10.8 Å². The maximum Gasteiger partial charge on any atom is 0.431 e. The van der Waals surface area contributed by atoms with E-state index in [0.29, 0.717) is 0 Å². The van der Waals surface area contributed by atoms with Gasteiger partial charge in [0.2, 0.25) is 0 Å². The summed E-state index contributed by atoms with van der Waals surface area (Å²) in [5, 5.41) is 2.47. The average Bonchev–Trinajstić information content (AvgIpc) is 2.10. The van der Waals surface area contributed by atoms with Gasteiger partial charge in [0, 0.05) is 0 Å². The van der Waals surface area contributed by atoms with Crippen molar-refractivity contribution in [2.45, 2.75) is 19.5 Å². The highest BCUT2D eigenvalue weighted by Crippen LogP contribution is 2.19. The Kier molecular flexibility index (Phi) is 5.72. The van der Waals surface area contributed by atoms with Gasteiger partial charge in [-0.3, -0.25) is 10.2 Å². The van der Waals surface area contributed by atoms with Crippen LogP contribution in [-0.2, 0) is 9.53 Å². The SMILES string of the molecule is CCOC(=O)CC(=NNC(N)=S)C(F)(F)F. The number of nitrogens with one attached hydrogen (secondary N) is 1. The number of hydrogen-bond acceptors (Lipinski definition) is 4. The Balaban J connectivity index is 4.63. The summed E-state index contributed by atoms with van der Waals surface area (Å²) in [6, 6.07) is 0. The molecule has 0 fully saturated rings. The van der Waals surface area contributed by atoms with Crippen molar-refractivity contribution >= 4 is 29.0 Å². The molecule has 0 atom stereocenters.